The van der Waals surface area contributed by atoms with Gasteiger partial charge in [0.1, 0.15) is 5.75 Å². The number of sulfonamides is 2. The average molecular weight is 546 g/mol. The van der Waals surface area contributed by atoms with Crippen LogP contribution >= 0.6 is 0 Å². The molecule has 1 amide bonds. The minimum atomic E-state index is -3.94. The Balaban J connectivity index is 1.52. The fraction of sp³-hybridized carbons (Fsp3) is 0.292. The van der Waals surface area contributed by atoms with Gasteiger partial charge in [-0.2, -0.15) is 4.31 Å². The van der Waals surface area contributed by atoms with E-state index in [2.05, 4.69) is 26.9 Å². The first-order valence-corrected chi connectivity index (χ1v) is 14.4. The molecule has 2 N–H and O–H groups in total. The summed E-state index contributed by atoms with van der Waals surface area (Å²) in [6, 6.07) is 11.2. The fourth-order valence-corrected chi connectivity index (χ4v) is 6.30. The average Bonchev–Trinajstić information content (AvgIpc) is 2.89. The van der Waals surface area contributed by atoms with Crippen molar-refractivity contribution in [3.63, 3.8) is 0 Å². The van der Waals surface area contributed by atoms with Crippen LogP contribution in [0.2, 0.25) is 0 Å². The van der Waals surface area contributed by atoms with Crippen LogP contribution in [-0.4, -0.2) is 57.2 Å². The van der Waals surface area contributed by atoms with Crippen LogP contribution in [0.15, 0.2) is 70.7 Å². The van der Waals surface area contributed by atoms with E-state index >= 15 is 0 Å². The fourth-order valence-electron chi connectivity index (χ4n) is 3.85. The van der Waals surface area contributed by atoms with Crippen LogP contribution in [-0.2, 0) is 20.0 Å². The van der Waals surface area contributed by atoms with E-state index in [0.717, 1.165) is 12.8 Å². The molecule has 11 nitrogen and oxygen atoms in total. The number of ether oxygens (including phenoxy) is 1. The maximum atomic E-state index is 13.2. The SMILES string of the molecule is COc1ccc(S(=O)(=O)N2CCC(C)CC2)cc1C(=O)Nc1ccc(S(=O)(=O)Nc2ncccn2)cc1. The van der Waals surface area contributed by atoms with Gasteiger partial charge in [0.05, 0.1) is 22.5 Å². The lowest BCUT2D eigenvalue weighted by Gasteiger charge is -2.29. The molecule has 1 fully saturated rings. The zero-order chi connectivity index (χ0) is 26.6. The number of anilines is 2. The molecule has 1 aromatic heterocycles. The van der Waals surface area contributed by atoms with Gasteiger partial charge in [0.2, 0.25) is 16.0 Å². The molecule has 0 unspecified atom stereocenters. The van der Waals surface area contributed by atoms with Crippen molar-refractivity contribution < 1.29 is 26.4 Å². The quantitative estimate of drug-likeness (QED) is 0.439. The Kier molecular flexibility index (Phi) is 7.76. The van der Waals surface area contributed by atoms with Gasteiger partial charge >= 0.3 is 0 Å². The Bertz CT molecular complexity index is 1470. The third-order valence-corrected chi connectivity index (χ3v) is 9.25. The van der Waals surface area contributed by atoms with Crippen molar-refractivity contribution in [3.8, 4) is 5.75 Å². The molecule has 1 aliphatic rings. The van der Waals surface area contributed by atoms with Gasteiger partial charge in [0.15, 0.2) is 0 Å². The number of amides is 1. The number of carbonyl (C=O) groups excluding carboxylic acids is 1. The molecule has 13 heteroatoms. The largest absolute Gasteiger partial charge is 0.496 e. The van der Waals surface area contributed by atoms with Crippen LogP contribution < -0.4 is 14.8 Å². The second-order valence-electron chi connectivity index (χ2n) is 8.61. The Hall–Kier alpha value is -3.55. The van der Waals surface area contributed by atoms with E-state index in [1.165, 1.54) is 66.3 Å². The van der Waals surface area contributed by atoms with E-state index in [4.69, 9.17) is 4.74 Å². The van der Waals surface area contributed by atoms with Gasteiger partial charge in [0, 0.05) is 31.2 Å². The van der Waals surface area contributed by atoms with Crippen molar-refractivity contribution in [2.75, 3.05) is 30.2 Å². The monoisotopic (exact) mass is 545 g/mol. The number of nitrogens with zero attached hydrogens (tertiary/aromatic N) is 3. The van der Waals surface area contributed by atoms with E-state index in [0.29, 0.717) is 24.7 Å². The molecule has 0 atom stereocenters. The minimum Gasteiger partial charge on any atom is -0.496 e. The third-order valence-electron chi connectivity index (χ3n) is 6.01. The predicted molar refractivity (Wildman–Crippen MR) is 137 cm³/mol. The lowest BCUT2D eigenvalue weighted by atomic mass is 10.0. The number of hydrogen-bond acceptors (Lipinski definition) is 8. The molecule has 1 saturated heterocycles. The standard InChI is InChI=1S/C24H27N5O6S2/c1-17-10-14-29(15-11-17)37(33,34)20-8-9-22(35-2)21(16-20)23(30)27-18-4-6-19(7-5-18)36(31,32)28-24-25-12-3-13-26-24/h3-9,12-13,16-17H,10-11,14-15H2,1-2H3,(H,27,30)(H,25,26,28). The highest BCUT2D eigenvalue weighted by atomic mass is 32.2. The van der Waals surface area contributed by atoms with Crippen molar-refractivity contribution in [1.29, 1.82) is 0 Å². The van der Waals surface area contributed by atoms with Gasteiger partial charge in [-0.1, -0.05) is 6.92 Å². The summed E-state index contributed by atoms with van der Waals surface area (Å²) >= 11 is 0. The summed E-state index contributed by atoms with van der Waals surface area (Å²) in [7, 11) is -6.33. The normalized spacial score (nSPS) is 15.2. The molecule has 1 aliphatic heterocycles. The van der Waals surface area contributed by atoms with Crippen LogP contribution in [0.3, 0.4) is 0 Å². The number of nitrogens with one attached hydrogen (secondary N) is 2. The zero-order valence-corrected chi connectivity index (χ0v) is 21.9. The van der Waals surface area contributed by atoms with Crippen molar-refractivity contribution in [2.45, 2.75) is 29.6 Å². The van der Waals surface area contributed by atoms with Crippen LogP contribution in [0.4, 0.5) is 11.6 Å². The Morgan fingerprint density at radius 2 is 1.59 bits per heavy atom. The number of rotatable bonds is 8. The number of carbonyl (C=O) groups is 1. The van der Waals surface area contributed by atoms with Crippen LogP contribution in [0.5, 0.6) is 5.75 Å². The van der Waals surface area contributed by atoms with Gasteiger partial charge in [-0.25, -0.2) is 31.5 Å². The third kappa shape index (κ3) is 6.06. The molecule has 0 aliphatic carbocycles. The van der Waals surface area contributed by atoms with Crippen LogP contribution in [0.25, 0.3) is 0 Å². The van der Waals surface area contributed by atoms with Gasteiger partial charge in [-0.15, -0.1) is 0 Å². The smallest absolute Gasteiger partial charge is 0.264 e. The Morgan fingerprint density at radius 1 is 0.973 bits per heavy atom. The second kappa shape index (κ2) is 10.8. The molecule has 3 aromatic rings. The molecule has 0 bridgehead atoms. The molecule has 4 rings (SSSR count). The second-order valence-corrected chi connectivity index (χ2v) is 12.2. The summed E-state index contributed by atoms with van der Waals surface area (Å²) in [6.45, 7) is 2.95. The first-order chi connectivity index (χ1) is 17.6. The Morgan fingerprint density at radius 3 is 2.22 bits per heavy atom. The van der Waals surface area contributed by atoms with E-state index < -0.39 is 26.0 Å². The summed E-state index contributed by atoms with van der Waals surface area (Å²) in [4.78, 5) is 20.7. The Labute approximate surface area is 216 Å². The van der Waals surface area contributed by atoms with Gasteiger partial charge in [0.25, 0.3) is 15.9 Å². The first kappa shape index (κ1) is 26.5. The summed E-state index contributed by atoms with van der Waals surface area (Å²) in [6.07, 6.45) is 4.38. The van der Waals surface area contributed by atoms with E-state index in [1.54, 1.807) is 6.07 Å². The van der Waals surface area contributed by atoms with Crippen molar-refractivity contribution in [3.05, 3.63) is 66.5 Å². The van der Waals surface area contributed by atoms with Crippen molar-refractivity contribution in [1.82, 2.24) is 14.3 Å². The summed E-state index contributed by atoms with van der Waals surface area (Å²) < 4.78 is 60.5. The first-order valence-electron chi connectivity index (χ1n) is 11.5. The lowest BCUT2D eigenvalue weighted by Crippen LogP contribution is -2.37. The molecule has 196 valence electrons. The molecule has 2 heterocycles. The topological polar surface area (TPSA) is 148 Å². The maximum Gasteiger partial charge on any atom is 0.264 e. The highest BCUT2D eigenvalue weighted by molar-refractivity contribution is 7.92. The van der Waals surface area contributed by atoms with E-state index in [1.807, 2.05) is 0 Å². The number of piperidine rings is 1. The summed E-state index contributed by atoms with van der Waals surface area (Å²) in [5.41, 5.74) is 0.341. The van der Waals surface area contributed by atoms with Crippen LogP contribution in [0.1, 0.15) is 30.1 Å². The minimum absolute atomic E-state index is 0.00338. The highest BCUT2D eigenvalue weighted by Gasteiger charge is 2.29. The number of benzene rings is 2. The van der Waals surface area contributed by atoms with E-state index in [9.17, 15) is 21.6 Å². The number of methoxy groups -OCH3 is 1. The van der Waals surface area contributed by atoms with E-state index in [-0.39, 0.29) is 27.1 Å². The van der Waals surface area contributed by atoms with Crippen LogP contribution in [0, 0.1) is 5.92 Å². The van der Waals surface area contributed by atoms with Gasteiger partial charge in [-0.3, -0.25) is 4.79 Å². The molecule has 2 aromatic carbocycles. The molecule has 0 spiro atoms. The zero-order valence-electron chi connectivity index (χ0n) is 20.3. The van der Waals surface area contributed by atoms with Gasteiger partial charge in [-0.05, 0) is 67.3 Å². The molecule has 37 heavy (non-hydrogen) atoms. The number of aromatic nitrogens is 2. The predicted octanol–water partition coefficient (Wildman–Crippen LogP) is 2.96. The van der Waals surface area contributed by atoms with Gasteiger partial charge < -0.3 is 10.1 Å². The maximum absolute atomic E-state index is 13.2. The molecule has 0 saturated carbocycles. The lowest BCUT2D eigenvalue weighted by molar-refractivity contribution is 0.102. The van der Waals surface area contributed by atoms with Crippen molar-refractivity contribution >= 4 is 37.6 Å². The van der Waals surface area contributed by atoms with Crippen molar-refractivity contribution in [2.24, 2.45) is 5.92 Å². The highest BCUT2D eigenvalue weighted by Crippen LogP contribution is 2.28. The molecular weight excluding hydrogens is 518 g/mol. The molecule has 0 radical (unpaired) electrons. The number of hydrogen-bond donors (Lipinski definition) is 2. The summed E-state index contributed by atoms with van der Waals surface area (Å²) in [5.74, 6) is -0.00378. The summed E-state index contributed by atoms with van der Waals surface area (Å²) in [5, 5.41) is 2.66. The molecular formula is C24H27N5O6S2.